The van der Waals surface area contributed by atoms with E-state index in [-0.39, 0.29) is 22.3 Å². The van der Waals surface area contributed by atoms with Gasteiger partial charge in [-0.25, -0.2) is 8.42 Å². The molecule has 164 valence electrons. The molecule has 0 spiro atoms. The highest BCUT2D eigenvalue weighted by Gasteiger charge is 2.33. The molecule has 0 aliphatic rings. The van der Waals surface area contributed by atoms with Gasteiger partial charge in [0.15, 0.2) is 10.7 Å². The van der Waals surface area contributed by atoms with Crippen molar-refractivity contribution in [2.24, 2.45) is 0 Å². The molecule has 1 heterocycles. The monoisotopic (exact) mass is 461 g/mol. The summed E-state index contributed by atoms with van der Waals surface area (Å²) in [7, 11) is -4.11. The Morgan fingerprint density at radius 3 is 2.39 bits per heavy atom. The number of nitrogens with one attached hydrogen (secondary N) is 1. The Kier molecular flexibility index (Phi) is 6.71. The molecule has 7 nitrogen and oxygen atoms in total. The molecule has 0 fully saturated rings. The molecule has 1 amide bonds. The number of halogens is 1. The summed E-state index contributed by atoms with van der Waals surface area (Å²) >= 11 is 5.97. The highest BCUT2D eigenvalue weighted by molar-refractivity contribution is 7.93. The summed E-state index contributed by atoms with van der Waals surface area (Å²) in [5.74, 6) is -0.0603. The van der Waals surface area contributed by atoms with Crippen LogP contribution in [-0.2, 0) is 14.8 Å². The number of nitrogens with zero attached hydrogens (tertiary/aromatic N) is 2. The second kappa shape index (κ2) is 9.11. The number of carbonyl (C=O) groups excluding carboxylic acids is 1. The molecule has 1 N–H and O–H groups in total. The minimum Gasteiger partial charge on any atom is -0.360 e. The quantitative estimate of drug-likeness (QED) is 0.540. The predicted molar refractivity (Wildman–Crippen MR) is 121 cm³/mol. The van der Waals surface area contributed by atoms with E-state index in [4.69, 9.17) is 16.1 Å². The molecule has 0 bridgehead atoms. The first-order valence-electron chi connectivity index (χ1n) is 9.70. The van der Waals surface area contributed by atoms with Crippen molar-refractivity contribution in [3.63, 3.8) is 0 Å². The summed E-state index contributed by atoms with van der Waals surface area (Å²) in [5, 5.41) is 6.91. The van der Waals surface area contributed by atoms with Crippen LogP contribution in [0, 0.1) is 13.8 Å². The van der Waals surface area contributed by atoms with Crippen LogP contribution in [0.4, 0.5) is 11.4 Å². The number of anilines is 2. The van der Waals surface area contributed by atoms with Crippen LogP contribution < -0.4 is 9.62 Å². The Morgan fingerprint density at radius 2 is 1.84 bits per heavy atom. The summed E-state index contributed by atoms with van der Waals surface area (Å²) in [6.07, 6.45) is 0. The summed E-state index contributed by atoms with van der Waals surface area (Å²) in [6.45, 7) is 6.74. The number of aryl methyl sites for hydroxylation is 2. The summed E-state index contributed by atoms with van der Waals surface area (Å²) in [5.41, 5.74) is 2.13. The first-order valence-corrected chi connectivity index (χ1v) is 11.5. The maximum atomic E-state index is 13.5. The van der Waals surface area contributed by atoms with Gasteiger partial charge in [0.05, 0.1) is 5.69 Å². The fourth-order valence-corrected chi connectivity index (χ4v) is 5.10. The van der Waals surface area contributed by atoms with Gasteiger partial charge in [-0.2, -0.15) is 0 Å². The Morgan fingerprint density at radius 1 is 1.16 bits per heavy atom. The van der Waals surface area contributed by atoms with Gasteiger partial charge in [-0.1, -0.05) is 48.8 Å². The van der Waals surface area contributed by atoms with Crippen LogP contribution in [0.3, 0.4) is 0 Å². The number of sulfonamides is 1. The number of hydrogen-bond acceptors (Lipinski definition) is 5. The largest absolute Gasteiger partial charge is 0.360 e. The highest BCUT2D eigenvalue weighted by Crippen LogP contribution is 2.29. The Balaban J connectivity index is 1.99. The molecule has 9 heteroatoms. The Labute approximate surface area is 187 Å². The van der Waals surface area contributed by atoms with Gasteiger partial charge in [-0.3, -0.25) is 9.10 Å². The van der Waals surface area contributed by atoms with E-state index in [1.165, 1.54) is 6.92 Å². The van der Waals surface area contributed by atoms with E-state index >= 15 is 0 Å². The average molecular weight is 462 g/mol. The second-order valence-corrected chi connectivity index (χ2v) is 9.71. The lowest BCUT2D eigenvalue weighted by atomic mass is 10.0. The SMILES string of the molecule is Cc1noc(C)c1S(=O)(=O)N(CC(=O)Nc1cccc(Cl)c1)c1ccc(C(C)C)cc1. The van der Waals surface area contributed by atoms with Crippen molar-refractivity contribution in [3.8, 4) is 0 Å². The second-order valence-electron chi connectivity index (χ2n) is 7.47. The van der Waals surface area contributed by atoms with Crippen molar-refractivity contribution < 1.29 is 17.7 Å². The first-order chi connectivity index (χ1) is 14.6. The molecule has 31 heavy (non-hydrogen) atoms. The zero-order chi connectivity index (χ0) is 22.8. The third-order valence-corrected chi connectivity index (χ3v) is 7.01. The summed E-state index contributed by atoms with van der Waals surface area (Å²) in [6, 6.07) is 13.7. The maximum absolute atomic E-state index is 13.5. The van der Waals surface area contributed by atoms with Crippen molar-refractivity contribution in [2.45, 2.75) is 38.5 Å². The van der Waals surface area contributed by atoms with Gasteiger partial charge in [0.1, 0.15) is 12.2 Å². The van der Waals surface area contributed by atoms with Crippen molar-refractivity contribution in [1.82, 2.24) is 5.16 Å². The average Bonchev–Trinajstić information content (AvgIpc) is 3.05. The molecule has 0 aliphatic carbocycles. The van der Waals surface area contributed by atoms with Crippen LogP contribution in [0.2, 0.25) is 5.02 Å². The fourth-order valence-electron chi connectivity index (χ4n) is 3.19. The maximum Gasteiger partial charge on any atom is 0.270 e. The van der Waals surface area contributed by atoms with Gasteiger partial charge in [0.25, 0.3) is 10.0 Å². The first kappa shape index (κ1) is 22.8. The lowest BCUT2D eigenvalue weighted by molar-refractivity contribution is -0.114. The summed E-state index contributed by atoms with van der Waals surface area (Å²) in [4.78, 5) is 12.7. The lowest BCUT2D eigenvalue weighted by Gasteiger charge is -2.24. The van der Waals surface area contributed by atoms with Gasteiger partial charge < -0.3 is 9.84 Å². The molecule has 0 radical (unpaired) electrons. The molecule has 0 aliphatic heterocycles. The number of rotatable bonds is 7. The molecule has 0 atom stereocenters. The molecule has 2 aromatic carbocycles. The minimum atomic E-state index is -4.11. The van der Waals surface area contributed by atoms with E-state index in [1.54, 1.807) is 43.3 Å². The van der Waals surface area contributed by atoms with E-state index in [0.717, 1.165) is 9.87 Å². The third kappa shape index (κ3) is 5.08. The highest BCUT2D eigenvalue weighted by atomic mass is 35.5. The van der Waals surface area contributed by atoms with E-state index in [1.807, 2.05) is 26.0 Å². The van der Waals surface area contributed by atoms with Crippen molar-refractivity contribution in [1.29, 1.82) is 0 Å². The van der Waals surface area contributed by atoms with Crippen LogP contribution in [0.15, 0.2) is 57.9 Å². The molecule has 0 unspecified atom stereocenters. The van der Waals surface area contributed by atoms with E-state index < -0.39 is 22.5 Å². The molecule has 0 saturated carbocycles. The van der Waals surface area contributed by atoms with Crippen LogP contribution in [-0.4, -0.2) is 26.0 Å². The number of benzene rings is 2. The zero-order valence-electron chi connectivity index (χ0n) is 17.7. The van der Waals surface area contributed by atoms with Crippen molar-refractivity contribution >= 4 is 38.9 Å². The number of aromatic nitrogens is 1. The van der Waals surface area contributed by atoms with Gasteiger partial charge in [-0.05, 0) is 55.7 Å². The van der Waals surface area contributed by atoms with Crippen LogP contribution in [0.5, 0.6) is 0 Å². The lowest BCUT2D eigenvalue weighted by Crippen LogP contribution is -2.38. The van der Waals surface area contributed by atoms with Gasteiger partial charge in [0, 0.05) is 10.7 Å². The molecular weight excluding hydrogens is 438 g/mol. The number of amides is 1. The van der Waals surface area contributed by atoms with Crippen molar-refractivity contribution in [3.05, 3.63) is 70.6 Å². The van der Waals surface area contributed by atoms with Gasteiger partial charge in [-0.15, -0.1) is 0 Å². The molecular formula is C22H24ClN3O4S. The fraction of sp³-hybridized carbons (Fsp3) is 0.273. The minimum absolute atomic E-state index is 0.0454. The Hall–Kier alpha value is -2.84. The number of carbonyl (C=O) groups is 1. The number of hydrogen-bond donors (Lipinski definition) is 1. The topological polar surface area (TPSA) is 92.5 Å². The van der Waals surface area contributed by atoms with Crippen LogP contribution in [0.25, 0.3) is 0 Å². The van der Waals surface area contributed by atoms with Gasteiger partial charge in [0.2, 0.25) is 5.91 Å². The van der Waals surface area contributed by atoms with Crippen LogP contribution in [0.1, 0.15) is 36.8 Å². The molecule has 0 saturated heterocycles. The summed E-state index contributed by atoms with van der Waals surface area (Å²) < 4.78 is 33.2. The predicted octanol–water partition coefficient (Wildman–Crippen LogP) is 4.90. The smallest absolute Gasteiger partial charge is 0.270 e. The van der Waals surface area contributed by atoms with Gasteiger partial charge >= 0.3 is 0 Å². The zero-order valence-corrected chi connectivity index (χ0v) is 19.3. The normalized spacial score (nSPS) is 11.5. The van der Waals surface area contributed by atoms with Crippen LogP contribution >= 0.6 is 11.6 Å². The third-order valence-electron chi connectivity index (χ3n) is 4.76. The molecule has 1 aromatic heterocycles. The molecule has 3 aromatic rings. The van der Waals surface area contributed by atoms with Crippen molar-refractivity contribution in [2.75, 3.05) is 16.2 Å². The standard InChI is InChI=1S/C22H24ClN3O4S/c1-14(2)17-8-10-20(11-9-17)26(31(28,29)22-15(3)25-30-16(22)4)13-21(27)24-19-7-5-6-18(23)12-19/h5-12,14H,13H2,1-4H3,(H,24,27). The molecule has 3 rings (SSSR count). The Bertz CT molecular complexity index is 1170. The van der Waals surface area contributed by atoms with E-state index in [0.29, 0.717) is 16.4 Å². The van der Waals surface area contributed by atoms with E-state index in [9.17, 15) is 13.2 Å². The van der Waals surface area contributed by atoms with E-state index in [2.05, 4.69) is 10.5 Å².